The zero-order valence-corrected chi connectivity index (χ0v) is 13.7. The quantitative estimate of drug-likeness (QED) is 0.837. The summed E-state index contributed by atoms with van der Waals surface area (Å²) >= 11 is 0. The molecule has 0 aromatic heterocycles. The fourth-order valence-corrected chi connectivity index (χ4v) is 4.05. The average Bonchev–Trinajstić information content (AvgIpc) is 2.39. The van der Waals surface area contributed by atoms with Gasteiger partial charge in [0.1, 0.15) is 0 Å². The van der Waals surface area contributed by atoms with E-state index in [-0.39, 0.29) is 11.5 Å². The van der Waals surface area contributed by atoms with Gasteiger partial charge >= 0.3 is 0 Å². The summed E-state index contributed by atoms with van der Waals surface area (Å²) in [6.07, 6.45) is 6.11. The maximum absolute atomic E-state index is 11.4. The Hall–Kier alpha value is -0.120. The van der Waals surface area contributed by atoms with Crippen molar-refractivity contribution in [3.8, 4) is 0 Å². The van der Waals surface area contributed by atoms with E-state index in [1.165, 1.54) is 12.8 Å². The SMILES string of the molecule is CC(C)C1CC(O)(C2(CN)CCC(C)(C)CC2)CCO1. The minimum absolute atomic E-state index is 0.0978. The summed E-state index contributed by atoms with van der Waals surface area (Å²) in [5, 5.41) is 11.4. The molecule has 2 rings (SSSR count). The average molecular weight is 283 g/mol. The lowest BCUT2D eigenvalue weighted by atomic mass is 9.55. The molecule has 1 aliphatic heterocycles. The zero-order valence-electron chi connectivity index (χ0n) is 13.7. The third kappa shape index (κ3) is 2.90. The molecule has 3 nitrogen and oxygen atoms in total. The fraction of sp³-hybridized carbons (Fsp3) is 1.00. The first-order valence-corrected chi connectivity index (χ1v) is 8.28. The molecule has 0 bridgehead atoms. The highest BCUT2D eigenvalue weighted by Crippen LogP contribution is 2.53. The molecule has 2 unspecified atom stereocenters. The summed E-state index contributed by atoms with van der Waals surface area (Å²) in [6, 6.07) is 0. The van der Waals surface area contributed by atoms with Gasteiger partial charge < -0.3 is 15.6 Å². The summed E-state index contributed by atoms with van der Waals surface area (Å²) in [4.78, 5) is 0. The van der Waals surface area contributed by atoms with E-state index in [1.54, 1.807) is 0 Å². The smallest absolute Gasteiger partial charge is 0.0762 e. The van der Waals surface area contributed by atoms with Crippen molar-refractivity contribution in [1.29, 1.82) is 0 Å². The number of aliphatic hydroxyl groups is 1. The van der Waals surface area contributed by atoms with Gasteiger partial charge in [0, 0.05) is 31.4 Å². The number of rotatable bonds is 3. The van der Waals surface area contributed by atoms with Crippen LogP contribution >= 0.6 is 0 Å². The Kier molecular flexibility index (Phi) is 4.54. The van der Waals surface area contributed by atoms with E-state index < -0.39 is 5.60 Å². The van der Waals surface area contributed by atoms with Crippen LogP contribution in [-0.4, -0.2) is 30.0 Å². The third-order valence-corrected chi connectivity index (χ3v) is 6.07. The fourth-order valence-electron chi connectivity index (χ4n) is 4.05. The van der Waals surface area contributed by atoms with Gasteiger partial charge in [0.15, 0.2) is 0 Å². The Morgan fingerprint density at radius 2 is 1.75 bits per heavy atom. The number of hydrogen-bond donors (Lipinski definition) is 2. The monoisotopic (exact) mass is 283 g/mol. The van der Waals surface area contributed by atoms with E-state index in [0.717, 1.165) is 25.7 Å². The molecule has 0 radical (unpaired) electrons. The first-order chi connectivity index (χ1) is 9.24. The van der Waals surface area contributed by atoms with Gasteiger partial charge in [-0.15, -0.1) is 0 Å². The second-order valence-electron chi connectivity index (χ2n) is 8.29. The van der Waals surface area contributed by atoms with Gasteiger partial charge in [-0.05, 0) is 37.0 Å². The topological polar surface area (TPSA) is 55.5 Å². The van der Waals surface area contributed by atoms with Gasteiger partial charge in [0.05, 0.1) is 11.7 Å². The lowest BCUT2D eigenvalue weighted by Crippen LogP contribution is -2.59. The van der Waals surface area contributed by atoms with E-state index in [9.17, 15) is 5.11 Å². The van der Waals surface area contributed by atoms with Crippen LogP contribution in [0.25, 0.3) is 0 Å². The van der Waals surface area contributed by atoms with Gasteiger partial charge in [-0.2, -0.15) is 0 Å². The van der Waals surface area contributed by atoms with Crippen LogP contribution in [0.15, 0.2) is 0 Å². The molecule has 1 aliphatic carbocycles. The summed E-state index contributed by atoms with van der Waals surface area (Å²) in [5.74, 6) is 0.455. The van der Waals surface area contributed by atoms with Gasteiger partial charge in [-0.25, -0.2) is 0 Å². The molecular formula is C17H33NO2. The summed E-state index contributed by atoms with van der Waals surface area (Å²) in [5.41, 5.74) is 5.83. The second kappa shape index (κ2) is 5.58. The van der Waals surface area contributed by atoms with Crippen molar-refractivity contribution in [1.82, 2.24) is 0 Å². The highest BCUT2D eigenvalue weighted by molar-refractivity contribution is 5.05. The highest BCUT2D eigenvalue weighted by atomic mass is 16.5. The minimum atomic E-state index is -0.633. The first kappa shape index (κ1) is 16.3. The maximum Gasteiger partial charge on any atom is 0.0762 e. The standard InChI is InChI=1S/C17H33NO2/c1-13(2)14-11-17(19,9-10-20-14)16(12-18)7-5-15(3,4)6-8-16/h13-14,19H,5-12,18H2,1-4H3. The summed E-state index contributed by atoms with van der Waals surface area (Å²) in [6.45, 7) is 10.3. The molecule has 118 valence electrons. The van der Waals surface area contributed by atoms with E-state index >= 15 is 0 Å². The molecule has 3 N–H and O–H groups in total. The number of ether oxygens (including phenoxy) is 1. The largest absolute Gasteiger partial charge is 0.389 e. The summed E-state index contributed by atoms with van der Waals surface area (Å²) < 4.78 is 5.86. The van der Waals surface area contributed by atoms with Gasteiger partial charge in [-0.1, -0.05) is 27.7 Å². The molecule has 2 aliphatic rings. The van der Waals surface area contributed by atoms with Crippen LogP contribution in [-0.2, 0) is 4.74 Å². The predicted octanol–water partition coefficient (Wildman–Crippen LogP) is 3.10. The maximum atomic E-state index is 11.4. The summed E-state index contributed by atoms with van der Waals surface area (Å²) in [7, 11) is 0. The molecule has 0 spiro atoms. The molecule has 2 atom stereocenters. The van der Waals surface area contributed by atoms with Crippen LogP contribution < -0.4 is 5.73 Å². The van der Waals surface area contributed by atoms with Gasteiger partial charge in [0.2, 0.25) is 0 Å². The van der Waals surface area contributed by atoms with Crippen molar-refractivity contribution in [3.63, 3.8) is 0 Å². The van der Waals surface area contributed by atoms with Crippen molar-refractivity contribution in [3.05, 3.63) is 0 Å². The second-order valence-corrected chi connectivity index (χ2v) is 8.29. The van der Waals surface area contributed by atoms with Crippen LogP contribution in [0.1, 0.15) is 66.2 Å². The van der Waals surface area contributed by atoms with Crippen LogP contribution in [0, 0.1) is 16.7 Å². The molecule has 2 fully saturated rings. The van der Waals surface area contributed by atoms with E-state index in [2.05, 4.69) is 27.7 Å². The van der Waals surface area contributed by atoms with Crippen LogP contribution in [0.5, 0.6) is 0 Å². The Balaban J connectivity index is 2.17. The highest BCUT2D eigenvalue weighted by Gasteiger charge is 2.54. The molecule has 1 saturated heterocycles. The third-order valence-electron chi connectivity index (χ3n) is 6.07. The Morgan fingerprint density at radius 1 is 1.15 bits per heavy atom. The Bertz CT molecular complexity index is 330. The van der Waals surface area contributed by atoms with Crippen molar-refractivity contribution >= 4 is 0 Å². The van der Waals surface area contributed by atoms with E-state index in [4.69, 9.17) is 10.5 Å². The van der Waals surface area contributed by atoms with Crippen molar-refractivity contribution in [2.24, 2.45) is 22.5 Å². The number of nitrogens with two attached hydrogens (primary N) is 1. The molecule has 0 amide bonds. The number of hydrogen-bond acceptors (Lipinski definition) is 3. The molecule has 3 heteroatoms. The molecule has 0 aromatic carbocycles. The van der Waals surface area contributed by atoms with Crippen molar-refractivity contribution in [2.75, 3.05) is 13.2 Å². The molecule has 1 heterocycles. The molecule has 1 saturated carbocycles. The Morgan fingerprint density at radius 3 is 2.25 bits per heavy atom. The van der Waals surface area contributed by atoms with Crippen LogP contribution in [0.4, 0.5) is 0 Å². The molecule has 0 aromatic rings. The van der Waals surface area contributed by atoms with Crippen molar-refractivity contribution in [2.45, 2.75) is 77.9 Å². The van der Waals surface area contributed by atoms with Crippen LogP contribution in [0.2, 0.25) is 0 Å². The van der Waals surface area contributed by atoms with Crippen LogP contribution in [0.3, 0.4) is 0 Å². The van der Waals surface area contributed by atoms with Gasteiger partial charge in [-0.3, -0.25) is 0 Å². The zero-order chi connectivity index (χ0) is 15.0. The first-order valence-electron chi connectivity index (χ1n) is 8.28. The Labute approximate surface area is 124 Å². The van der Waals surface area contributed by atoms with E-state index in [1.807, 2.05) is 0 Å². The minimum Gasteiger partial charge on any atom is -0.389 e. The lowest BCUT2D eigenvalue weighted by molar-refractivity contribution is -0.188. The van der Waals surface area contributed by atoms with Crippen molar-refractivity contribution < 1.29 is 9.84 Å². The molecule has 20 heavy (non-hydrogen) atoms. The normalized spacial score (nSPS) is 37.0. The van der Waals surface area contributed by atoms with Gasteiger partial charge in [0.25, 0.3) is 0 Å². The lowest BCUT2D eigenvalue weighted by Gasteiger charge is -2.55. The molecular weight excluding hydrogens is 250 g/mol. The van der Waals surface area contributed by atoms with E-state index in [0.29, 0.717) is 24.5 Å². The predicted molar refractivity (Wildman–Crippen MR) is 82.5 cm³/mol.